The summed E-state index contributed by atoms with van der Waals surface area (Å²) in [5.74, 6) is -0.499. The second-order valence-electron chi connectivity index (χ2n) is 2.75. The van der Waals surface area contributed by atoms with Gasteiger partial charge in [-0.2, -0.15) is 0 Å². The zero-order valence-electron chi connectivity index (χ0n) is 7.30. The van der Waals surface area contributed by atoms with Gasteiger partial charge in [0.05, 0.1) is 12.1 Å². The van der Waals surface area contributed by atoms with Gasteiger partial charge in [-0.25, -0.2) is 9.97 Å². The van der Waals surface area contributed by atoms with Crippen molar-refractivity contribution in [1.29, 1.82) is 0 Å². The zero-order valence-corrected chi connectivity index (χ0v) is 9.57. The van der Waals surface area contributed by atoms with Crippen LogP contribution in [0.25, 0.3) is 0 Å². The molecule has 0 N–H and O–H groups in total. The number of alkyl halides is 3. The van der Waals surface area contributed by atoms with E-state index < -0.39 is 9.58 Å². The molecule has 0 aliphatic rings. The lowest BCUT2D eigenvalue weighted by Gasteiger charge is -2.08. The van der Waals surface area contributed by atoms with Gasteiger partial charge in [-0.05, 0) is 13.0 Å². The molecule has 0 atom stereocenters. The fourth-order valence-electron chi connectivity index (χ4n) is 0.871. The summed E-state index contributed by atoms with van der Waals surface area (Å²) in [6.07, 6.45) is 1.37. The Morgan fingerprint density at radius 2 is 2.07 bits per heavy atom. The number of ketones is 1. The topological polar surface area (TPSA) is 42.9 Å². The predicted octanol–water partition coefficient (Wildman–Crippen LogP) is 2.27. The van der Waals surface area contributed by atoms with Crippen molar-refractivity contribution in [3.63, 3.8) is 0 Å². The summed E-state index contributed by atoms with van der Waals surface area (Å²) in [6, 6.07) is 1.67. The third kappa shape index (κ3) is 3.40. The van der Waals surface area contributed by atoms with E-state index >= 15 is 0 Å². The number of hydrogen-bond acceptors (Lipinski definition) is 3. The van der Waals surface area contributed by atoms with Crippen LogP contribution in [0, 0.1) is 6.92 Å². The number of aryl methyl sites for hydroxylation is 1. The van der Waals surface area contributed by atoms with Crippen LogP contribution in [-0.4, -0.2) is 19.5 Å². The number of halogens is 3. The minimum absolute atomic E-state index is 0.000139. The molecule has 0 fully saturated rings. The number of carbonyl (C=O) groups excluding carboxylic acids is 1. The number of rotatable bonds is 2. The summed E-state index contributed by atoms with van der Waals surface area (Å²) in [4.78, 5) is 19.1. The van der Waals surface area contributed by atoms with Crippen molar-refractivity contribution in [3.05, 3.63) is 23.8 Å². The summed E-state index contributed by atoms with van der Waals surface area (Å²) in [5, 5.41) is 0. The molecule has 0 saturated heterocycles. The van der Waals surface area contributed by atoms with Crippen LogP contribution in [0.4, 0.5) is 0 Å². The number of hydrogen-bond donors (Lipinski definition) is 0. The maximum absolute atomic E-state index is 11.3. The maximum atomic E-state index is 11.3. The van der Waals surface area contributed by atoms with Crippen molar-refractivity contribution < 1.29 is 4.79 Å². The molecule has 14 heavy (non-hydrogen) atoms. The van der Waals surface area contributed by atoms with Gasteiger partial charge in [0, 0.05) is 5.69 Å². The summed E-state index contributed by atoms with van der Waals surface area (Å²) in [7, 11) is 0. The molecule has 3 nitrogen and oxygen atoms in total. The van der Waals surface area contributed by atoms with E-state index in [0.29, 0.717) is 5.69 Å². The van der Waals surface area contributed by atoms with E-state index in [-0.39, 0.29) is 6.42 Å². The van der Waals surface area contributed by atoms with Crippen LogP contribution in [-0.2, 0) is 11.2 Å². The van der Waals surface area contributed by atoms with Crippen molar-refractivity contribution in [1.82, 2.24) is 9.97 Å². The van der Waals surface area contributed by atoms with Crippen molar-refractivity contribution >= 4 is 40.6 Å². The molecule has 1 aromatic heterocycles. The average molecular weight is 254 g/mol. The molecule has 1 rings (SSSR count). The van der Waals surface area contributed by atoms with E-state index in [0.717, 1.165) is 5.69 Å². The molecule has 1 heterocycles. The highest BCUT2D eigenvalue weighted by Crippen LogP contribution is 2.28. The Morgan fingerprint density at radius 1 is 1.43 bits per heavy atom. The Hall–Kier alpha value is -0.380. The van der Waals surface area contributed by atoms with Crippen molar-refractivity contribution in [2.24, 2.45) is 0 Å². The third-order valence-corrected chi connectivity index (χ3v) is 2.15. The van der Waals surface area contributed by atoms with Crippen LogP contribution in [0.2, 0.25) is 0 Å². The molecule has 1 aromatic rings. The van der Waals surface area contributed by atoms with E-state index in [1.165, 1.54) is 6.33 Å². The predicted molar refractivity (Wildman–Crippen MR) is 55.8 cm³/mol. The normalized spacial score (nSPS) is 11.4. The van der Waals surface area contributed by atoms with Crippen LogP contribution in [0.3, 0.4) is 0 Å². The highest BCUT2D eigenvalue weighted by atomic mass is 35.6. The van der Waals surface area contributed by atoms with Gasteiger partial charge in [0.15, 0.2) is 5.78 Å². The lowest BCUT2D eigenvalue weighted by molar-refractivity contribution is -0.117. The molecule has 0 bridgehead atoms. The van der Waals surface area contributed by atoms with Gasteiger partial charge in [0.1, 0.15) is 6.33 Å². The average Bonchev–Trinajstić information content (AvgIpc) is 2.02. The van der Waals surface area contributed by atoms with E-state index in [9.17, 15) is 4.79 Å². The zero-order chi connectivity index (χ0) is 10.8. The van der Waals surface area contributed by atoms with E-state index in [1.807, 2.05) is 0 Å². The van der Waals surface area contributed by atoms with Gasteiger partial charge >= 0.3 is 0 Å². The Balaban J connectivity index is 2.75. The molecular formula is C8H7Cl3N2O. The third-order valence-electron chi connectivity index (χ3n) is 1.52. The van der Waals surface area contributed by atoms with Crippen LogP contribution >= 0.6 is 34.8 Å². The quantitative estimate of drug-likeness (QED) is 0.759. The second kappa shape index (κ2) is 4.43. The van der Waals surface area contributed by atoms with Gasteiger partial charge in [-0.15, -0.1) is 0 Å². The van der Waals surface area contributed by atoms with Gasteiger partial charge < -0.3 is 0 Å². The van der Waals surface area contributed by atoms with Crippen molar-refractivity contribution in [2.75, 3.05) is 0 Å². The van der Waals surface area contributed by atoms with Gasteiger partial charge in [-0.3, -0.25) is 4.79 Å². The minimum Gasteiger partial charge on any atom is -0.294 e. The number of Topliss-reactive ketones (excluding diaryl/α,β-unsaturated/α-hetero) is 1. The smallest absolute Gasteiger partial charge is 0.249 e. The van der Waals surface area contributed by atoms with Gasteiger partial charge in [-0.1, -0.05) is 34.8 Å². The first-order valence-corrected chi connectivity index (χ1v) is 4.90. The fourth-order valence-corrected chi connectivity index (χ4v) is 1.07. The molecule has 0 aliphatic heterocycles. The second-order valence-corrected chi connectivity index (χ2v) is 5.03. The molecule has 76 valence electrons. The number of carbonyl (C=O) groups is 1. The summed E-state index contributed by atoms with van der Waals surface area (Å²) in [5.41, 5.74) is 1.32. The molecule has 0 radical (unpaired) electrons. The minimum atomic E-state index is -1.88. The molecular weight excluding hydrogens is 246 g/mol. The van der Waals surface area contributed by atoms with Gasteiger partial charge in [0.25, 0.3) is 0 Å². The highest BCUT2D eigenvalue weighted by Gasteiger charge is 2.30. The Bertz CT molecular complexity index is 349. The Morgan fingerprint density at radius 3 is 2.57 bits per heavy atom. The van der Waals surface area contributed by atoms with E-state index in [1.54, 1.807) is 13.0 Å². The molecule has 0 spiro atoms. The fraction of sp³-hybridized carbons (Fsp3) is 0.375. The lowest BCUT2D eigenvalue weighted by Crippen LogP contribution is -2.21. The van der Waals surface area contributed by atoms with Crippen LogP contribution in [0.15, 0.2) is 12.4 Å². The Kier molecular flexibility index (Phi) is 3.70. The Labute approximate surface area is 96.4 Å². The number of aromatic nitrogens is 2. The summed E-state index contributed by atoms with van der Waals surface area (Å²) < 4.78 is -1.88. The molecule has 0 aliphatic carbocycles. The lowest BCUT2D eigenvalue weighted by atomic mass is 10.2. The highest BCUT2D eigenvalue weighted by molar-refractivity contribution is 6.76. The molecule has 0 amide bonds. The van der Waals surface area contributed by atoms with Crippen LogP contribution in [0.1, 0.15) is 11.4 Å². The van der Waals surface area contributed by atoms with Crippen LogP contribution < -0.4 is 0 Å². The summed E-state index contributed by atoms with van der Waals surface area (Å²) in [6.45, 7) is 1.80. The first-order valence-electron chi connectivity index (χ1n) is 3.77. The molecule has 0 unspecified atom stereocenters. The SMILES string of the molecule is Cc1cc(CC(=O)C(Cl)(Cl)Cl)ncn1. The standard InChI is InChI=1S/C8H7Cl3N2O/c1-5-2-6(13-4-12-5)3-7(14)8(9,10)11/h2,4H,3H2,1H3. The van der Waals surface area contributed by atoms with E-state index in [2.05, 4.69) is 9.97 Å². The molecule has 0 saturated carbocycles. The first kappa shape index (κ1) is 11.7. The molecule has 6 heteroatoms. The van der Waals surface area contributed by atoms with Crippen LogP contribution in [0.5, 0.6) is 0 Å². The van der Waals surface area contributed by atoms with Gasteiger partial charge in [0.2, 0.25) is 3.79 Å². The monoisotopic (exact) mass is 252 g/mol. The number of nitrogens with zero attached hydrogens (tertiary/aromatic N) is 2. The van der Waals surface area contributed by atoms with Crippen molar-refractivity contribution in [3.8, 4) is 0 Å². The van der Waals surface area contributed by atoms with Crippen molar-refractivity contribution in [2.45, 2.75) is 17.1 Å². The largest absolute Gasteiger partial charge is 0.294 e. The maximum Gasteiger partial charge on any atom is 0.249 e. The van der Waals surface area contributed by atoms with E-state index in [4.69, 9.17) is 34.8 Å². The summed E-state index contributed by atoms with van der Waals surface area (Å²) >= 11 is 16.2. The molecule has 0 aromatic carbocycles. The first-order chi connectivity index (χ1) is 6.39.